The van der Waals surface area contributed by atoms with Crippen LogP contribution in [0.4, 0.5) is 5.69 Å². The van der Waals surface area contributed by atoms with Crippen molar-refractivity contribution in [2.24, 2.45) is 10.1 Å². The molecule has 0 spiro atoms. The summed E-state index contributed by atoms with van der Waals surface area (Å²) < 4.78 is 2.95. The summed E-state index contributed by atoms with van der Waals surface area (Å²) in [5.41, 5.74) is 4.25. The largest absolute Gasteiger partial charge is 0.220 e. The topological polar surface area (TPSA) is 29.6 Å². The van der Waals surface area contributed by atoms with Crippen LogP contribution in [0.2, 0.25) is 0 Å². The Morgan fingerprint density at radius 3 is 2.59 bits per heavy atom. The number of rotatable bonds is 4. The van der Waals surface area contributed by atoms with Crippen LogP contribution in [0.1, 0.15) is 10.4 Å². The Morgan fingerprint density at radius 1 is 1.00 bits per heavy atom. The van der Waals surface area contributed by atoms with E-state index >= 15 is 0 Å². The molecule has 0 fully saturated rings. The minimum atomic E-state index is 0.835. The molecule has 0 unspecified atom stereocenters. The number of halogens is 1. The minimum absolute atomic E-state index is 0.835. The number of aromatic nitrogens is 1. The van der Waals surface area contributed by atoms with Crippen molar-refractivity contribution >= 4 is 50.5 Å². The Balaban J connectivity index is 1.85. The van der Waals surface area contributed by atoms with Crippen LogP contribution < -0.4 is 4.80 Å². The van der Waals surface area contributed by atoms with E-state index in [-0.39, 0.29) is 0 Å². The number of aryl methyl sites for hydroxylation is 1. The van der Waals surface area contributed by atoms with Gasteiger partial charge in [0.1, 0.15) is 0 Å². The van der Waals surface area contributed by atoms with Gasteiger partial charge in [-0.2, -0.15) is 5.10 Å². The number of hydrogen-bond acceptors (Lipinski definition) is 4. The van der Waals surface area contributed by atoms with Crippen molar-refractivity contribution in [2.75, 3.05) is 0 Å². The molecule has 0 aliphatic heterocycles. The van der Waals surface area contributed by atoms with Crippen molar-refractivity contribution < 1.29 is 0 Å². The van der Waals surface area contributed by atoms with E-state index in [1.807, 2.05) is 46.6 Å². The van der Waals surface area contributed by atoms with Crippen LogP contribution >= 0.6 is 38.6 Å². The third-order valence-corrected chi connectivity index (χ3v) is 6.02. The summed E-state index contributed by atoms with van der Waals surface area (Å²) in [5, 5.41) is 8.88. The highest BCUT2D eigenvalue weighted by atomic mass is 79.9. The zero-order valence-electron chi connectivity index (χ0n) is 14.5. The number of thiazole rings is 1. The highest BCUT2D eigenvalue weighted by molar-refractivity contribution is 9.10. The first kappa shape index (κ1) is 18.1. The predicted octanol–water partition coefficient (Wildman–Crippen LogP) is 6.46. The molecule has 0 amide bonds. The average Bonchev–Trinajstić information content (AvgIpc) is 3.32. The summed E-state index contributed by atoms with van der Waals surface area (Å²) >= 11 is 6.80. The summed E-state index contributed by atoms with van der Waals surface area (Å²) in [6.07, 6.45) is 1.88. The maximum Gasteiger partial charge on any atom is 0.211 e. The fourth-order valence-electron chi connectivity index (χ4n) is 2.54. The van der Waals surface area contributed by atoms with Gasteiger partial charge in [-0.15, -0.1) is 22.7 Å². The molecule has 0 bridgehead atoms. The molecule has 3 nitrogen and oxygen atoms in total. The zero-order chi connectivity index (χ0) is 18.6. The molecule has 0 saturated carbocycles. The maximum atomic E-state index is 4.81. The van der Waals surface area contributed by atoms with Gasteiger partial charge < -0.3 is 0 Å². The van der Waals surface area contributed by atoms with Gasteiger partial charge in [0.05, 0.1) is 17.6 Å². The van der Waals surface area contributed by atoms with Crippen molar-refractivity contribution in [3.8, 4) is 11.3 Å². The Bertz CT molecular complexity index is 1140. The number of thiophene rings is 1. The van der Waals surface area contributed by atoms with Crippen LogP contribution in [0.3, 0.4) is 0 Å². The average molecular weight is 454 g/mol. The third-order valence-electron chi connectivity index (χ3n) is 3.91. The Hall–Kier alpha value is -2.28. The van der Waals surface area contributed by atoms with Crippen LogP contribution in [0.15, 0.2) is 86.0 Å². The lowest BCUT2D eigenvalue weighted by molar-refractivity contribution is 0.855. The van der Waals surface area contributed by atoms with E-state index < -0.39 is 0 Å². The normalized spacial score (nSPS) is 12.1. The van der Waals surface area contributed by atoms with E-state index in [0.717, 1.165) is 31.1 Å². The molecular weight excluding hydrogens is 438 g/mol. The van der Waals surface area contributed by atoms with E-state index in [4.69, 9.17) is 10.1 Å². The monoisotopic (exact) mass is 453 g/mol. The van der Waals surface area contributed by atoms with Crippen molar-refractivity contribution in [3.63, 3.8) is 0 Å². The molecule has 4 aromatic rings. The zero-order valence-corrected chi connectivity index (χ0v) is 17.8. The van der Waals surface area contributed by atoms with Gasteiger partial charge in [-0.05, 0) is 42.6 Å². The van der Waals surface area contributed by atoms with Gasteiger partial charge in [-0.25, -0.2) is 9.67 Å². The fourth-order valence-corrected chi connectivity index (χ4v) is 4.38. The second-order valence-electron chi connectivity index (χ2n) is 5.93. The molecular formula is C21H16BrN3S2. The molecule has 4 rings (SSSR count). The molecule has 2 aromatic carbocycles. The molecule has 0 aliphatic rings. The summed E-state index contributed by atoms with van der Waals surface area (Å²) in [4.78, 5) is 6.75. The smallest absolute Gasteiger partial charge is 0.211 e. The highest BCUT2D eigenvalue weighted by Crippen LogP contribution is 2.24. The molecule has 27 heavy (non-hydrogen) atoms. The van der Waals surface area contributed by atoms with Crippen molar-refractivity contribution in [3.05, 3.63) is 91.1 Å². The highest BCUT2D eigenvalue weighted by Gasteiger charge is 2.08. The first-order valence-electron chi connectivity index (χ1n) is 8.35. The Kier molecular flexibility index (Phi) is 5.48. The van der Waals surface area contributed by atoms with Gasteiger partial charge in [-0.1, -0.05) is 51.8 Å². The van der Waals surface area contributed by atoms with Gasteiger partial charge >= 0.3 is 0 Å². The predicted molar refractivity (Wildman–Crippen MR) is 119 cm³/mol. The molecule has 134 valence electrons. The van der Waals surface area contributed by atoms with E-state index in [2.05, 4.69) is 58.6 Å². The standard InChI is InChI=1S/C21H16BrN3S2/c1-15-7-9-18(10-8-15)24-21-25(23-13-19-6-3-11-26-19)20(14-27-21)16-4-2-5-17(22)12-16/h2-14H,1H3/b23-13-,24-21?. The van der Waals surface area contributed by atoms with Crippen LogP contribution in [-0.4, -0.2) is 10.9 Å². The second kappa shape index (κ2) is 8.17. The maximum absolute atomic E-state index is 4.81. The lowest BCUT2D eigenvalue weighted by Gasteiger charge is -2.04. The molecule has 0 atom stereocenters. The van der Waals surface area contributed by atoms with Crippen LogP contribution in [0.25, 0.3) is 11.3 Å². The SMILES string of the molecule is Cc1ccc(N=c2scc(-c3cccc(Br)c3)n2/N=C\c2cccs2)cc1. The first-order chi connectivity index (χ1) is 13.2. The number of benzene rings is 2. The Morgan fingerprint density at radius 2 is 1.85 bits per heavy atom. The van der Waals surface area contributed by atoms with E-state index in [9.17, 15) is 0 Å². The van der Waals surface area contributed by atoms with Crippen LogP contribution in [0.5, 0.6) is 0 Å². The molecule has 2 heterocycles. The molecule has 2 aromatic heterocycles. The molecule has 0 saturated heterocycles. The number of hydrogen-bond donors (Lipinski definition) is 0. The van der Waals surface area contributed by atoms with Crippen LogP contribution in [-0.2, 0) is 0 Å². The quantitative estimate of drug-likeness (QED) is 0.317. The molecule has 0 aliphatic carbocycles. The van der Waals surface area contributed by atoms with Crippen LogP contribution in [0, 0.1) is 6.92 Å². The summed E-state index contributed by atoms with van der Waals surface area (Å²) in [6.45, 7) is 2.08. The summed E-state index contributed by atoms with van der Waals surface area (Å²) in [7, 11) is 0. The minimum Gasteiger partial charge on any atom is -0.220 e. The van der Waals surface area contributed by atoms with E-state index in [0.29, 0.717) is 0 Å². The van der Waals surface area contributed by atoms with Crippen molar-refractivity contribution in [1.82, 2.24) is 4.68 Å². The summed E-state index contributed by atoms with van der Waals surface area (Å²) in [6, 6.07) is 20.5. The molecule has 0 N–H and O–H groups in total. The lowest BCUT2D eigenvalue weighted by atomic mass is 10.2. The summed E-state index contributed by atoms with van der Waals surface area (Å²) in [5.74, 6) is 0. The Labute approximate surface area is 174 Å². The first-order valence-corrected chi connectivity index (χ1v) is 10.9. The van der Waals surface area contributed by atoms with Crippen molar-refractivity contribution in [1.29, 1.82) is 0 Å². The second-order valence-corrected chi connectivity index (χ2v) is 8.66. The third kappa shape index (κ3) is 4.35. The molecule has 6 heteroatoms. The lowest BCUT2D eigenvalue weighted by Crippen LogP contribution is -2.11. The van der Waals surface area contributed by atoms with Gasteiger partial charge in [0.25, 0.3) is 0 Å². The van der Waals surface area contributed by atoms with Crippen molar-refractivity contribution in [2.45, 2.75) is 6.92 Å². The van der Waals surface area contributed by atoms with Gasteiger partial charge in [-0.3, -0.25) is 0 Å². The number of nitrogens with zero attached hydrogens (tertiary/aromatic N) is 3. The van der Waals surface area contributed by atoms with E-state index in [1.165, 1.54) is 5.56 Å². The van der Waals surface area contributed by atoms with Gasteiger partial charge in [0.2, 0.25) is 4.80 Å². The van der Waals surface area contributed by atoms with Gasteiger partial charge in [0, 0.05) is 20.3 Å². The fraction of sp³-hybridized carbons (Fsp3) is 0.0476. The van der Waals surface area contributed by atoms with E-state index in [1.54, 1.807) is 22.7 Å². The van der Waals surface area contributed by atoms with Gasteiger partial charge in [0.15, 0.2) is 0 Å². The molecule has 0 radical (unpaired) electrons.